The van der Waals surface area contributed by atoms with Gasteiger partial charge < -0.3 is 10.1 Å². The summed E-state index contributed by atoms with van der Waals surface area (Å²) in [6.07, 6.45) is 0. The Hall–Kier alpha value is -1.93. The molecule has 0 radical (unpaired) electrons. The van der Waals surface area contributed by atoms with E-state index in [0.29, 0.717) is 0 Å². The third kappa shape index (κ3) is 2.77. The third-order valence-corrected chi connectivity index (χ3v) is 3.02. The van der Waals surface area contributed by atoms with Crippen molar-refractivity contribution in [1.29, 1.82) is 0 Å². The number of aromatic nitrogens is 4. The summed E-state index contributed by atoms with van der Waals surface area (Å²) in [6.45, 7) is 4.00. The van der Waals surface area contributed by atoms with Crippen LogP contribution in [0.5, 0.6) is 0 Å². The first-order chi connectivity index (χ1) is 9.92. The molecule has 0 aliphatic heterocycles. The molecule has 0 saturated heterocycles. The Balaban J connectivity index is 0.000000517. The molecule has 0 aliphatic carbocycles. The molecule has 0 aliphatic rings. The number of para-hydroxylation sites is 2. The number of hydrogen-bond donors (Lipinski definition) is 2. The zero-order valence-corrected chi connectivity index (χ0v) is 14.8. The van der Waals surface area contributed by atoms with Crippen molar-refractivity contribution in [2.75, 3.05) is 0 Å². The fourth-order valence-corrected chi connectivity index (χ4v) is 2.15. The minimum absolute atomic E-state index is 0. The van der Waals surface area contributed by atoms with E-state index in [1.54, 1.807) is 0 Å². The Morgan fingerprint density at radius 3 is 2.67 bits per heavy atom. The zero-order chi connectivity index (χ0) is 13.9. The maximum Gasteiger partial charge on any atom is 0.147 e. The Morgan fingerprint density at radius 2 is 1.86 bits per heavy atom. The first kappa shape index (κ1) is 15.5. The van der Waals surface area contributed by atoms with Crippen LogP contribution in [-0.2, 0) is 21.1 Å². The summed E-state index contributed by atoms with van der Waals surface area (Å²) in [5.74, 6) is 0.780. The number of H-pyrrole nitrogens is 2. The predicted molar refractivity (Wildman–Crippen MR) is 81.4 cm³/mol. The van der Waals surface area contributed by atoms with E-state index >= 15 is 0 Å². The molecule has 2 heterocycles. The van der Waals surface area contributed by atoms with Gasteiger partial charge in [-0.15, -0.1) is 6.07 Å². The zero-order valence-electron chi connectivity index (χ0n) is 11.8. The first-order valence-electron chi connectivity index (χ1n) is 6.71. The SMILES string of the molecule is CC.[W].[c-]1ccc2[nH]nc(-c3nc4ccccc4[nH]3)c2c1. The molecule has 2 aromatic heterocycles. The van der Waals surface area contributed by atoms with Crippen LogP contribution >= 0.6 is 0 Å². The fraction of sp³-hybridized carbons (Fsp3) is 0.125. The van der Waals surface area contributed by atoms with Crippen molar-refractivity contribution in [3.8, 4) is 11.5 Å². The molecule has 0 amide bonds. The molecular formula is C16H15N4W-. The number of aromatic amines is 2. The van der Waals surface area contributed by atoms with E-state index in [0.717, 1.165) is 33.5 Å². The first-order valence-corrected chi connectivity index (χ1v) is 6.71. The van der Waals surface area contributed by atoms with Crippen LogP contribution in [0, 0.1) is 6.07 Å². The average Bonchev–Trinajstić information content (AvgIpc) is 3.12. The molecule has 5 heteroatoms. The monoisotopic (exact) mass is 447 g/mol. The van der Waals surface area contributed by atoms with Gasteiger partial charge >= 0.3 is 0 Å². The molecule has 2 N–H and O–H groups in total. The standard InChI is InChI=1S/C14H9N4.C2H6.W/c1-2-6-10-9(5-1)13(18-17-10)14-15-11-7-3-4-8-12(11)16-14;1-2;/h2-8H,(H,15,16)(H,17,18);1-2H3;/q-1;;. The second kappa shape index (κ2) is 6.68. The summed E-state index contributed by atoms with van der Waals surface area (Å²) >= 11 is 0. The minimum Gasteiger partial charge on any atom is -0.337 e. The van der Waals surface area contributed by atoms with Gasteiger partial charge in [-0.25, -0.2) is 4.98 Å². The molecule has 0 atom stereocenters. The Labute approximate surface area is 137 Å². The van der Waals surface area contributed by atoms with Crippen molar-refractivity contribution in [2.24, 2.45) is 0 Å². The summed E-state index contributed by atoms with van der Waals surface area (Å²) in [4.78, 5) is 7.84. The maximum atomic E-state index is 4.55. The molecule has 4 aromatic rings. The van der Waals surface area contributed by atoms with Crippen LogP contribution in [0.15, 0.2) is 42.5 Å². The van der Waals surface area contributed by atoms with Gasteiger partial charge in [0, 0.05) is 21.1 Å². The molecule has 0 unspecified atom stereocenters. The van der Waals surface area contributed by atoms with Crippen LogP contribution in [0.25, 0.3) is 33.5 Å². The van der Waals surface area contributed by atoms with E-state index in [9.17, 15) is 0 Å². The molecule has 0 bridgehead atoms. The third-order valence-electron chi connectivity index (χ3n) is 3.02. The van der Waals surface area contributed by atoms with Gasteiger partial charge in [0.1, 0.15) is 5.82 Å². The van der Waals surface area contributed by atoms with Crippen molar-refractivity contribution < 1.29 is 21.1 Å². The summed E-state index contributed by atoms with van der Waals surface area (Å²) in [7, 11) is 0. The Kier molecular flexibility index (Phi) is 4.92. The fourth-order valence-electron chi connectivity index (χ4n) is 2.15. The minimum atomic E-state index is 0. The molecule has 21 heavy (non-hydrogen) atoms. The van der Waals surface area contributed by atoms with E-state index in [4.69, 9.17) is 0 Å². The maximum absolute atomic E-state index is 4.55. The summed E-state index contributed by atoms with van der Waals surface area (Å²) < 4.78 is 0. The van der Waals surface area contributed by atoms with Crippen LogP contribution in [-0.4, -0.2) is 20.2 Å². The molecule has 4 nitrogen and oxygen atoms in total. The van der Waals surface area contributed by atoms with E-state index in [1.165, 1.54) is 0 Å². The quantitative estimate of drug-likeness (QED) is 0.435. The second-order valence-electron chi connectivity index (χ2n) is 4.15. The van der Waals surface area contributed by atoms with Gasteiger partial charge in [-0.3, -0.25) is 0 Å². The van der Waals surface area contributed by atoms with Crippen LogP contribution in [0.3, 0.4) is 0 Å². The summed E-state index contributed by atoms with van der Waals surface area (Å²) in [6, 6.07) is 16.8. The predicted octanol–water partition coefficient (Wildman–Crippen LogP) is 3.93. The van der Waals surface area contributed by atoms with E-state index in [-0.39, 0.29) is 21.1 Å². The smallest absolute Gasteiger partial charge is 0.147 e. The molecule has 106 valence electrons. The van der Waals surface area contributed by atoms with E-state index in [1.807, 2.05) is 56.3 Å². The van der Waals surface area contributed by atoms with Crippen molar-refractivity contribution in [3.05, 3.63) is 48.5 Å². The normalized spacial score (nSPS) is 10.0. The average molecular weight is 447 g/mol. The number of fused-ring (bicyclic) bond motifs is 2. The summed E-state index contributed by atoms with van der Waals surface area (Å²) in [5.41, 5.74) is 3.79. The molecule has 2 aromatic carbocycles. The number of hydrogen-bond acceptors (Lipinski definition) is 2. The molecule has 0 saturated carbocycles. The van der Waals surface area contributed by atoms with Gasteiger partial charge in [0.2, 0.25) is 0 Å². The summed E-state index contributed by atoms with van der Waals surface area (Å²) in [5, 5.41) is 8.35. The number of rotatable bonds is 1. The van der Waals surface area contributed by atoms with Crippen LogP contribution in [0.1, 0.15) is 13.8 Å². The Bertz CT molecular complexity index is 814. The van der Waals surface area contributed by atoms with Crippen LogP contribution in [0.4, 0.5) is 0 Å². The van der Waals surface area contributed by atoms with Gasteiger partial charge in [0.05, 0.1) is 16.7 Å². The van der Waals surface area contributed by atoms with Crippen molar-refractivity contribution >= 4 is 21.9 Å². The molecular weight excluding hydrogens is 432 g/mol. The Morgan fingerprint density at radius 1 is 1.05 bits per heavy atom. The largest absolute Gasteiger partial charge is 0.337 e. The van der Waals surface area contributed by atoms with E-state index in [2.05, 4.69) is 26.2 Å². The van der Waals surface area contributed by atoms with Gasteiger partial charge in [-0.2, -0.15) is 23.3 Å². The number of benzene rings is 2. The van der Waals surface area contributed by atoms with Crippen LogP contribution in [0.2, 0.25) is 0 Å². The number of imidazole rings is 1. The second-order valence-corrected chi connectivity index (χ2v) is 4.15. The molecule has 4 rings (SSSR count). The van der Waals surface area contributed by atoms with Crippen molar-refractivity contribution in [2.45, 2.75) is 13.8 Å². The van der Waals surface area contributed by atoms with Crippen molar-refractivity contribution in [3.63, 3.8) is 0 Å². The number of nitrogens with one attached hydrogen (secondary N) is 2. The van der Waals surface area contributed by atoms with Gasteiger partial charge in [0.15, 0.2) is 0 Å². The van der Waals surface area contributed by atoms with Crippen LogP contribution < -0.4 is 0 Å². The molecule has 0 fully saturated rings. The van der Waals surface area contributed by atoms with Gasteiger partial charge in [-0.1, -0.05) is 31.4 Å². The molecule has 0 spiro atoms. The van der Waals surface area contributed by atoms with E-state index < -0.39 is 0 Å². The van der Waals surface area contributed by atoms with Gasteiger partial charge in [0.25, 0.3) is 0 Å². The topological polar surface area (TPSA) is 57.4 Å². The number of nitrogens with zero attached hydrogens (tertiary/aromatic N) is 2. The van der Waals surface area contributed by atoms with Gasteiger partial charge in [-0.05, 0) is 17.6 Å². The van der Waals surface area contributed by atoms with Crippen molar-refractivity contribution in [1.82, 2.24) is 20.2 Å².